The van der Waals surface area contributed by atoms with Crippen molar-refractivity contribution in [1.82, 2.24) is 15.3 Å². The molecule has 1 heterocycles. The molecule has 1 rings (SSSR count). The highest BCUT2D eigenvalue weighted by Crippen LogP contribution is 2.09. The van der Waals surface area contributed by atoms with E-state index in [0.717, 1.165) is 0 Å². The average molecular weight is 252 g/mol. The first-order chi connectivity index (χ1) is 8.42. The number of methoxy groups -OCH3 is 1. The lowest BCUT2D eigenvalue weighted by Crippen LogP contribution is -2.30. The maximum absolute atomic E-state index is 11.8. The topological polar surface area (TPSA) is 76.1 Å². The van der Waals surface area contributed by atoms with Crippen LogP contribution in [0.3, 0.4) is 0 Å². The van der Waals surface area contributed by atoms with E-state index in [4.69, 9.17) is 4.74 Å². The number of hydrogen-bond acceptors (Lipinski definition) is 5. The number of anilines is 1. The third kappa shape index (κ3) is 5.09. The van der Waals surface area contributed by atoms with Crippen LogP contribution in [-0.4, -0.2) is 41.7 Å². The summed E-state index contributed by atoms with van der Waals surface area (Å²) in [5, 5.41) is 5.82. The summed E-state index contributed by atoms with van der Waals surface area (Å²) in [6.07, 6.45) is 1.56. The van der Waals surface area contributed by atoms with Crippen LogP contribution < -0.4 is 10.6 Å². The lowest BCUT2D eigenvalue weighted by molar-refractivity contribution is 0.0932. The van der Waals surface area contributed by atoms with Crippen molar-refractivity contribution in [3.05, 3.63) is 18.0 Å². The van der Waals surface area contributed by atoms with Crippen molar-refractivity contribution in [2.45, 2.75) is 26.3 Å². The van der Waals surface area contributed by atoms with Gasteiger partial charge in [-0.3, -0.25) is 4.79 Å². The summed E-state index contributed by atoms with van der Waals surface area (Å²) in [4.78, 5) is 20.0. The predicted molar refractivity (Wildman–Crippen MR) is 69.6 cm³/mol. The third-order valence-electron chi connectivity index (χ3n) is 1.97. The first kappa shape index (κ1) is 14.4. The minimum Gasteiger partial charge on any atom is -0.383 e. The summed E-state index contributed by atoms with van der Waals surface area (Å²) < 4.78 is 4.86. The van der Waals surface area contributed by atoms with Gasteiger partial charge in [0.25, 0.3) is 5.91 Å². The summed E-state index contributed by atoms with van der Waals surface area (Å²) >= 11 is 0. The Bertz CT molecular complexity index is 401. The number of rotatable bonds is 5. The zero-order valence-corrected chi connectivity index (χ0v) is 11.3. The van der Waals surface area contributed by atoms with Gasteiger partial charge in [-0.25, -0.2) is 9.97 Å². The van der Waals surface area contributed by atoms with Crippen LogP contribution in [0.25, 0.3) is 0 Å². The Morgan fingerprint density at radius 2 is 2.17 bits per heavy atom. The highest BCUT2D eigenvalue weighted by molar-refractivity contribution is 5.92. The van der Waals surface area contributed by atoms with Gasteiger partial charge in [0.2, 0.25) is 5.95 Å². The van der Waals surface area contributed by atoms with Gasteiger partial charge in [-0.15, -0.1) is 0 Å². The van der Waals surface area contributed by atoms with Crippen LogP contribution in [0, 0.1) is 0 Å². The Balaban J connectivity index is 2.66. The van der Waals surface area contributed by atoms with Gasteiger partial charge in [-0.1, -0.05) is 0 Å². The van der Waals surface area contributed by atoms with Crippen molar-refractivity contribution >= 4 is 11.9 Å². The molecule has 0 radical (unpaired) electrons. The SMILES string of the molecule is COCCNC(=O)c1ccnc(NC(C)(C)C)n1. The molecule has 1 amide bonds. The molecule has 0 aliphatic carbocycles. The van der Waals surface area contributed by atoms with Crippen LogP contribution in [0.5, 0.6) is 0 Å². The highest BCUT2D eigenvalue weighted by atomic mass is 16.5. The van der Waals surface area contributed by atoms with Crippen molar-refractivity contribution in [3.8, 4) is 0 Å². The summed E-state index contributed by atoms with van der Waals surface area (Å²) in [5.74, 6) is 0.216. The molecule has 6 heteroatoms. The molecule has 0 unspecified atom stereocenters. The van der Waals surface area contributed by atoms with Crippen LogP contribution in [0.15, 0.2) is 12.3 Å². The number of amides is 1. The number of aromatic nitrogens is 2. The Hall–Kier alpha value is -1.69. The molecule has 100 valence electrons. The maximum Gasteiger partial charge on any atom is 0.270 e. The van der Waals surface area contributed by atoms with Crippen LogP contribution in [0.4, 0.5) is 5.95 Å². The molecule has 0 fully saturated rings. The van der Waals surface area contributed by atoms with E-state index in [1.54, 1.807) is 19.4 Å². The van der Waals surface area contributed by atoms with E-state index in [1.807, 2.05) is 20.8 Å². The molecular formula is C12H20N4O2. The quantitative estimate of drug-likeness (QED) is 0.766. The summed E-state index contributed by atoms with van der Waals surface area (Å²) in [5.41, 5.74) is 0.193. The summed E-state index contributed by atoms with van der Waals surface area (Å²) in [6, 6.07) is 1.58. The molecule has 0 saturated heterocycles. The molecule has 18 heavy (non-hydrogen) atoms. The van der Waals surface area contributed by atoms with Crippen molar-refractivity contribution in [1.29, 1.82) is 0 Å². The normalized spacial score (nSPS) is 11.1. The molecule has 0 bridgehead atoms. The van der Waals surface area contributed by atoms with Gasteiger partial charge in [0.15, 0.2) is 0 Å². The first-order valence-electron chi connectivity index (χ1n) is 5.81. The van der Waals surface area contributed by atoms with Gasteiger partial charge < -0.3 is 15.4 Å². The monoisotopic (exact) mass is 252 g/mol. The number of nitrogens with zero attached hydrogens (tertiary/aromatic N) is 2. The highest BCUT2D eigenvalue weighted by Gasteiger charge is 2.13. The summed E-state index contributed by atoms with van der Waals surface area (Å²) in [6.45, 7) is 6.94. The van der Waals surface area contributed by atoms with Gasteiger partial charge in [-0.2, -0.15) is 0 Å². The second-order valence-corrected chi connectivity index (χ2v) is 4.89. The molecule has 0 aliphatic rings. The number of carbonyl (C=O) groups is 1. The zero-order chi connectivity index (χ0) is 13.6. The minimum absolute atomic E-state index is 0.148. The predicted octanol–water partition coefficient (Wildman–Crippen LogP) is 1.06. The fourth-order valence-electron chi connectivity index (χ4n) is 1.24. The molecule has 1 aromatic heterocycles. The molecule has 0 saturated carbocycles. The molecule has 0 aromatic carbocycles. The smallest absolute Gasteiger partial charge is 0.270 e. The first-order valence-corrected chi connectivity index (χ1v) is 5.81. The Labute approximate surface area is 107 Å². The zero-order valence-electron chi connectivity index (χ0n) is 11.3. The Kier molecular flexibility index (Phi) is 5.03. The summed E-state index contributed by atoms with van der Waals surface area (Å²) in [7, 11) is 1.59. The van der Waals surface area contributed by atoms with Crippen LogP contribution in [0.1, 0.15) is 31.3 Å². The van der Waals surface area contributed by atoms with Gasteiger partial charge in [0.05, 0.1) is 6.61 Å². The molecular weight excluding hydrogens is 232 g/mol. The van der Waals surface area contributed by atoms with Crippen molar-refractivity contribution < 1.29 is 9.53 Å². The van der Waals surface area contributed by atoms with Crippen LogP contribution in [-0.2, 0) is 4.74 Å². The van der Waals surface area contributed by atoms with Crippen LogP contribution >= 0.6 is 0 Å². The maximum atomic E-state index is 11.8. The van der Waals surface area contributed by atoms with E-state index in [2.05, 4.69) is 20.6 Å². The second kappa shape index (κ2) is 6.30. The van der Waals surface area contributed by atoms with E-state index < -0.39 is 0 Å². The van der Waals surface area contributed by atoms with Gasteiger partial charge in [-0.05, 0) is 26.8 Å². The van der Waals surface area contributed by atoms with E-state index >= 15 is 0 Å². The number of hydrogen-bond donors (Lipinski definition) is 2. The van der Waals surface area contributed by atoms with Crippen molar-refractivity contribution in [2.75, 3.05) is 25.6 Å². The van der Waals surface area contributed by atoms with Crippen molar-refractivity contribution in [2.24, 2.45) is 0 Å². The van der Waals surface area contributed by atoms with Crippen LogP contribution in [0.2, 0.25) is 0 Å². The molecule has 6 nitrogen and oxygen atoms in total. The number of nitrogens with one attached hydrogen (secondary N) is 2. The Morgan fingerprint density at radius 3 is 2.78 bits per heavy atom. The van der Waals surface area contributed by atoms with E-state index in [9.17, 15) is 4.79 Å². The third-order valence-corrected chi connectivity index (χ3v) is 1.97. The number of carbonyl (C=O) groups excluding carboxylic acids is 1. The van der Waals surface area contributed by atoms with E-state index in [1.165, 1.54) is 0 Å². The lowest BCUT2D eigenvalue weighted by Gasteiger charge is -2.20. The molecule has 0 atom stereocenters. The van der Waals surface area contributed by atoms with Gasteiger partial charge in [0, 0.05) is 25.4 Å². The fourth-order valence-corrected chi connectivity index (χ4v) is 1.24. The molecule has 2 N–H and O–H groups in total. The number of ether oxygens (including phenoxy) is 1. The Morgan fingerprint density at radius 1 is 1.44 bits per heavy atom. The van der Waals surface area contributed by atoms with E-state index in [-0.39, 0.29) is 11.4 Å². The van der Waals surface area contributed by atoms with Crippen molar-refractivity contribution in [3.63, 3.8) is 0 Å². The average Bonchev–Trinajstić information content (AvgIpc) is 2.27. The van der Waals surface area contributed by atoms with Gasteiger partial charge in [0.1, 0.15) is 5.69 Å². The standard InChI is InChI=1S/C12H20N4O2/c1-12(2,3)16-11-14-6-5-9(15-11)10(17)13-7-8-18-4/h5-6H,7-8H2,1-4H3,(H,13,17)(H,14,15,16). The lowest BCUT2D eigenvalue weighted by atomic mass is 10.1. The van der Waals surface area contributed by atoms with Gasteiger partial charge >= 0.3 is 0 Å². The molecule has 0 spiro atoms. The largest absolute Gasteiger partial charge is 0.383 e. The van der Waals surface area contributed by atoms with E-state index in [0.29, 0.717) is 24.8 Å². The molecule has 1 aromatic rings. The second-order valence-electron chi connectivity index (χ2n) is 4.89. The molecule has 0 aliphatic heterocycles. The fraction of sp³-hybridized carbons (Fsp3) is 0.583. The minimum atomic E-state index is -0.230.